The molecule has 24 heavy (non-hydrogen) atoms. The largest absolute Gasteiger partial charge is 0.478 e. The van der Waals surface area contributed by atoms with Crippen LogP contribution in [0.5, 0.6) is 0 Å². The maximum absolute atomic E-state index is 11.5. The van der Waals surface area contributed by atoms with Crippen molar-refractivity contribution in [1.29, 1.82) is 0 Å². The van der Waals surface area contributed by atoms with E-state index in [1.165, 1.54) is 0 Å². The summed E-state index contributed by atoms with van der Waals surface area (Å²) in [5, 5.41) is 12.9. The quantitative estimate of drug-likeness (QED) is 0.722. The van der Waals surface area contributed by atoms with Crippen LogP contribution in [-0.4, -0.2) is 24.7 Å². The molecule has 0 saturated heterocycles. The van der Waals surface area contributed by atoms with E-state index in [9.17, 15) is 9.90 Å². The van der Waals surface area contributed by atoms with Crippen LogP contribution in [0, 0.1) is 0 Å². The molecule has 2 N–H and O–H groups in total. The molecule has 0 aromatic heterocycles. The summed E-state index contributed by atoms with van der Waals surface area (Å²) in [4.78, 5) is 13.6. The summed E-state index contributed by atoms with van der Waals surface area (Å²) >= 11 is 0. The van der Waals surface area contributed by atoms with E-state index < -0.39 is 5.97 Å². The fraction of sp³-hybridized carbons (Fsp3) is 0.350. The molecule has 0 radical (unpaired) electrons. The number of nitrogens with zero attached hydrogens (tertiary/aromatic N) is 1. The normalized spacial score (nSPS) is 10.5. The molecule has 0 aliphatic rings. The minimum absolute atomic E-state index is 0.337. The van der Waals surface area contributed by atoms with E-state index >= 15 is 0 Å². The first-order valence-electron chi connectivity index (χ1n) is 8.50. The number of carboxylic acid groups (broad SMARTS) is 1. The fourth-order valence-corrected chi connectivity index (χ4v) is 2.71. The minimum Gasteiger partial charge on any atom is -0.478 e. The summed E-state index contributed by atoms with van der Waals surface area (Å²) < 4.78 is 0. The molecule has 0 aliphatic carbocycles. The number of hydrogen-bond donors (Lipinski definition) is 2. The number of benzene rings is 2. The highest BCUT2D eigenvalue weighted by Gasteiger charge is 2.16. The number of rotatable bonds is 8. The van der Waals surface area contributed by atoms with Gasteiger partial charge in [-0.15, -0.1) is 0 Å². The van der Waals surface area contributed by atoms with Crippen LogP contribution >= 0.6 is 0 Å². The Morgan fingerprint density at radius 2 is 1.88 bits per heavy atom. The van der Waals surface area contributed by atoms with Gasteiger partial charge in [0.2, 0.25) is 0 Å². The van der Waals surface area contributed by atoms with E-state index in [0.29, 0.717) is 5.56 Å². The van der Waals surface area contributed by atoms with Crippen LogP contribution in [0.2, 0.25) is 0 Å². The van der Waals surface area contributed by atoms with Gasteiger partial charge >= 0.3 is 5.97 Å². The smallest absolute Gasteiger partial charge is 0.335 e. The molecule has 0 atom stereocenters. The average molecular weight is 326 g/mol. The zero-order valence-electron chi connectivity index (χ0n) is 14.7. The Labute approximate surface area is 144 Å². The van der Waals surface area contributed by atoms with Gasteiger partial charge in [0.25, 0.3) is 0 Å². The summed E-state index contributed by atoms with van der Waals surface area (Å²) in [6.07, 6.45) is 2.94. The Balaban J connectivity index is 2.49. The number of nitrogens with one attached hydrogen (secondary N) is 1. The monoisotopic (exact) mass is 326 g/mol. The predicted octanol–water partition coefficient (Wildman–Crippen LogP) is 4.93. The van der Waals surface area contributed by atoms with Gasteiger partial charge in [-0.3, -0.25) is 0 Å². The van der Waals surface area contributed by atoms with Crippen molar-refractivity contribution >= 4 is 23.0 Å². The van der Waals surface area contributed by atoms with E-state index in [1.807, 2.05) is 44.3 Å². The Kier molecular flexibility index (Phi) is 6.24. The number of aryl methyl sites for hydroxylation is 1. The van der Waals surface area contributed by atoms with E-state index in [1.54, 1.807) is 12.1 Å². The Hall–Kier alpha value is -2.49. The highest BCUT2D eigenvalue weighted by molar-refractivity contribution is 5.92. The molecule has 0 heterocycles. The molecule has 0 saturated carbocycles. The molecule has 2 rings (SSSR count). The van der Waals surface area contributed by atoms with Crippen molar-refractivity contribution in [3.63, 3.8) is 0 Å². The number of hydrogen-bond acceptors (Lipinski definition) is 3. The van der Waals surface area contributed by atoms with Crippen molar-refractivity contribution in [2.24, 2.45) is 0 Å². The van der Waals surface area contributed by atoms with Crippen molar-refractivity contribution in [3.05, 3.63) is 53.6 Å². The SMILES string of the molecule is CCCCN(C)c1cc(C(=O)O)cc(CC)c1Nc1ccccc1. The summed E-state index contributed by atoms with van der Waals surface area (Å²) in [6.45, 7) is 5.10. The Morgan fingerprint density at radius 1 is 1.17 bits per heavy atom. The highest BCUT2D eigenvalue weighted by atomic mass is 16.4. The summed E-state index contributed by atoms with van der Waals surface area (Å²) in [6, 6.07) is 13.5. The second-order valence-electron chi connectivity index (χ2n) is 5.95. The van der Waals surface area contributed by atoms with Crippen LogP contribution in [-0.2, 0) is 6.42 Å². The summed E-state index contributed by atoms with van der Waals surface area (Å²) in [5.41, 5.74) is 4.28. The van der Waals surface area contributed by atoms with Gasteiger partial charge in [-0.25, -0.2) is 4.79 Å². The number of carbonyl (C=O) groups is 1. The number of unbranched alkanes of at least 4 members (excludes halogenated alkanes) is 1. The van der Waals surface area contributed by atoms with Crippen LogP contribution in [0.1, 0.15) is 42.6 Å². The fourth-order valence-electron chi connectivity index (χ4n) is 2.71. The van der Waals surface area contributed by atoms with E-state index in [0.717, 1.165) is 48.4 Å². The molecule has 0 bridgehead atoms. The van der Waals surface area contributed by atoms with Crippen LogP contribution in [0.25, 0.3) is 0 Å². The van der Waals surface area contributed by atoms with Gasteiger partial charge in [0, 0.05) is 19.3 Å². The molecule has 0 spiro atoms. The molecular formula is C20H26N2O2. The topological polar surface area (TPSA) is 52.6 Å². The van der Waals surface area contributed by atoms with Crippen molar-refractivity contribution in [3.8, 4) is 0 Å². The van der Waals surface area contributed by atoms with E-state index in [2.05, 4.69) is 17.1 Å². The number of aromatic carboxylic acids is 1. The molecule has 0 fully saturated rings. The zero-order valence-corrected chi connectivity index (χ0v) is 14.7. The lowest BCUT2D eigenvalue weighted by Gasteiger charge is -2.25. The average Bonchev–Trinajstić information content (AvgIpc) is 2.60. The number of carboxylic acids is 1. The van der Waals surface area contributed by atoms with Gasteiger partial charge in [-0.1, -0.05) is 38.5 Å². The van der Waals surface area contributed by atoms with Gasteiger partial charge < -0.3 is 15.3 Å². The molecule has 4 heteroatoms. The van der Waals surface area contributed by atoms with Crippen LogP contribution in [0.15, 0.2) is 42.5 Å². The molecule has 4 nitrogen and oxygen atoms in total. The summed E-state index contributed by atoms with van der Waals surface area (Å²) in [5.74, 6) is -0.888. The van der Waals surface area contributed by atoms with E-state index in [-0.39, 0.29) is 0 Å². The molecule has 0 aliphatic heterocycles. The lowest BCUT2D eigenvalue weighted by atomic mass is 10.0. The second kappa shape index (κ2) is 8.39. The minimum atomic E-state index is -0.888. The Bertz CT molecular complexity index is 684. The molecule has 2 aromatic rings. The molecule has 2 aromatic carbocycles. The van der Waals surface area contributed by atoms with Gasteiger partial charge in [0.15, 0.2) is 0 Å². The predicted molar refractivity (Wildman–Crippen MR) is 101 cm³/mol. The van der Waals surface area contributed by atoms with Crippen molar-refractivity contribution in [1.82, 2.24) is 0 Å². The van der Waals surface area contributed by atoms with Crippen LogP contribution in [0.3, 0.4) is 0 Å². The van der Waals surface area contributed by atoms with Crippen LogP contribution in [0.4, 0.5) is 17.1 Å². The van der Waals surface area contributed by atoms with Crippen molar-refractivity contribution in [2.45, 2.75) is 33.1 Å². The highest BCUT2D eigenvalue weighted by Crippen LogP contribution is 2.34. The summed E-state index contributed by atoms with van der Waals surface area (Å²) in [7, 11) is 2.02. The lowest BCUT2D eigenvalue weighted by molar-refractivity contribution is 0.0697. The number of anilines is 3. The molecule has 0 amide bonds. The van der Waals surface area contributed by atoms with Crippen molar-refractivity contribution in [2.75, 3.05) is 23.8 Å². The maximum atomic E-state index is 11.5. The third kappa shape index (κ3) is 4.28. The third-order valence-corrected chi connectivity index (χ3v) is 4.13. The lowest BCUT2D eigenvalue weighted by Crippen LogP contribution is -2.21. The number of para-hydroxylation sites is 1. The zero-order chi connectivity index (χ0) is 17.5. The van der Waals surface area contributed by atoms with Gasteiger partial charge in [-0.05, 0) is 42.7 Å². The van der Waals surface area contributed by atoms with Gasteiger partial charge in [-0.2, -0.15) is 0 Å². The third-order valence-electron chi connectivity index (χ3n) is 4.13. The molecule has 128 valence electrons. The van der Waals surface area contributed by atoms with E-state index in [4.69, 9.17) is 0 Å². The Morgan fingerprint density at radius 3 is 2.46 bits per heavy atom. The molecule has 0 unspecified atom stereocenters. The van der Waals surface area contributed by atoms with Gasteiger partial charge in [0.05, 0.1) is 16.9 Å². The van der Waals surface area contributed by atoms with Crippen LogP contribution < -0.4 is 10.2 Å². The second-order valence-corrected chi connectivity index (χ2v) is 5.95. The molecular weight excluding hydrogens is 300 g/mol. The first-order valence-corrected chi connectivity index (χ1v) is 8.50. The first kappa shape index (κ1) is 17.9. The standard InChI is InChI=1S/C20H26N2O2/c1-4-6-12-22(3)18-14-16(20(23)24)13-15(5-2)19(18)21-17-10-8-7-9-11-17/h7-11,13-14,21H,4-6,12H2,1-3H3,(H,23,24). The van der Waals surface area contributed by atoms with Gasteiger partial charge in [0.1, 0.15) is 0 Å². The van der Waals surface area contributed by atoms with Crippen molar-refractivity contribution < 1.29 is 9.90 Å². The first-order chi connectivity index (χ1) is 11.6. The maximum Gasteiger partial charge on any atom is 0.335 e.